The summed E-state index contributed by atoms with van der Waals surface area (Å²) in [4.78, 5) is 34.1. The predicted octanol–water partition coefficient (Wildman–Crippen LogP) is 3.12. The Morgan fingerprint density at radius 2 is 1.86 bits per heavy atom. The number of hydrogen-bond acceptors (Lipinski definition) is 8. The minimum Gasteiger partial charge on any atom is -0.493 e. The van der Waals surface area contributed by atoms with Crippen molar-refractivity contribution < 1.29 is 14.9 Å². The van der Waals surface area contributed by atoms with Gasteiger partial charge in [-0.1, -0.05) is 29.8 Å². The van der Waals surface area contributed by atoms with Gasteiger partial charge in [0.2, 0.25) is 5.88 Å². The fraction of sp³-hybridized carbons (Fsp3) is 0.174. The Balaban J connectivity index is 1.52. The van der Waals surface area contributed by atoms with Crippen molar-refractivity contribution in [3.05, 3.63) is 74.4 Å². The van der Waals surface area contributed by atoms with Crippen molar-refractivity contribution in [1.82, 2.24) is 24.1 Å². The number of azo groups is 1. The quantitative estimate of drug-likeness (QED) is 0.246. The summed E-state index contributed by atoms with van der Waals surface area (Å²) in [6.45, 7) is -0.246. The van der Waals surface area contributed by atoms with Crippen LogP contribution in [0.2, 0.25) is 5.02 Å². The van der Waals surface area contributed by atoms with Crippen LogP contribution in [0, 0.1) is 0 Å². The highest BCUT2D eigenvalue weighted by Crippen LogP contribution is 2.36. The molecule has 3 heterocycles. The molecule has 0 aliphatic carbocycles. The first-order chi connectivity index (χ1) is 17.3. The Bertz CT molecular complexity index is 1720. The lowest BCUT2D eigenvalue weighted by Gasteiger charge is -2.14. The fourth-order valence-corrected chi connectivity index (χ4v) is 3.89. The van der Waals surface area contributed by atoms with Crippen LogP contribution in [0.5, 0.6) is 11.6 Å². The maximum Gasteiger partial charge on any atom is 0.329 e. The Kier molecular flexibility index (Phi) is 6.04. The highest BCUT2D eigenvalue weighted by Gasteiger charge is 2.20. The van der Waals surface area contributed by atoms with Crippen LogP contribution in [0.25, 0.3) is 22.1 Å². The van der Waals surface area contributed by atoms with E-state index in [9.17, 15) is 19.8 Å². The molecule has 184 valence electrons. The van der Waals surface area contributed by atoms with E-state index in [0.29, 0.717) is 21.7 Å². The van der Waals surface area contributed by atoms with Gasteiger partial charge in [0.15, 0.2) is 16.9 Å². The van der Waals surface area contributed by atoms with Crippen LogP contribution in [0.4, 0.5) is 11.6 Å². The Hall–Kier alpha value is -4.42. The highest BCUT2D eigenvalue weighted by atomic mass is 35.5. The zero-order valence-corrected chi connectivity index (χ0v) is 19.6. The number of aromatic hydroxyl groups is 1. The number of halogens is 1. The van der Waals surface area contributed by atoms with Gasteiger partial charge in [0, 0.05) is 17.5 Å². The molecule has 0 spiro atoms. The molecule has 4 N–H and O–H groups in total. The zero-order valence-electron chi connectivity index (χ0n) is 18.8. The Labute approximate surface area is 207 Å². The van der Waals surface area contributed by atoms with E-state index >= 15 is 0 Å². The standard InChI is InChI=1S/C23H20ClN7O5/c1-30-19-18(21(34)27-23(30)35)31(10-13(32)11-36-14-8-6-12(24)7-9-14)22(26-19)29-28-17-15-4-2-3-5-16(15)25-20(17)33/h2-9,13,25,32-33H,10-11H2,1H3,(H,27,34,35)/t13-/m1/s1. The molecule has 2 aromatic carbocycles. The van der Waals surface area contributed by atoms with Gasteiger partial charge in [0.1, 0.15) is 18.5 Å². The topological polar surface area (TPSA) is 163 Å². The second kappa shape index (κ2) is 9.32. The van der Waals surface area contributed by atoms with Gasteiger partial charge < -0.3 is 19.9 Å². The molecule has 13 heteroatoms. The summed E-state index contributed by atoms with van der Waals surface area (Å²) in [5.41, 5.74) is -0.416. The number of nitrogens with zero attached hydrogens (tertiary/aromatic N) is 5. The van der Waals surface area contributed by atoms with Gasteiger partial charge in [-0.05, 0) is 30.3 Å². The van der Waals surface area contributed by atoms with E-state index in [4.69, 9.17) is 16.3 Å². The number of imidazole rings is 1. The van der Waals surface area contributed by atoms with Crippen LogP contribution >= 0.6 is 11.6 Å². The number of aromatic nitrogens is 5. The van der Waals surface area contributed by atoms with E-state index in [1.165, 1.54) is 11.6 Å². The third-order valence-corrected chi connectivity index (χ3v) is 5.79. The zero-order chi connectivity index (χ0) is 25.4. The van der Waals surface area contributed by atoms with Crippen molar-refractivity contribution in [2.75, 3.05) is 6.61 Å². The van der Waals surface area contributed by atoms with Gasteiger partial charge in [0.05, 0.1) is 12.1 Å². The fourth-order valence-electron chi connectivity index (χ4n) is 3.77. The highest BCUT2D eigenvalue weighted by molar-refractivity contribution is 6.30. The lowest BCUT2D eigenvalue weighted by Crippen LogP contribution is -2.30. The normalized spacial score (nSPS) is 12.6. The van der Waals surface area contributed by atoms with Gasteiger partial charge in [-0.2, -0.15) is 4.98 Å². The molecule has 0 saturated carbocycles. The summed E-state index contributed by atoms with van der Waals surface area (Å²) in [6.07, 6.45) is -1.08. The van der Waals surface area contributed by atoms with Crippen LogP contribution in [0.1, 0.15) is 0 Å². The molecular formula is C23H20ClN7O5. The van der Waals surface area contributed by atoms with E-state index in [2.05, 4.69) is 25.2 Å². The largest absolute Gasteiger partial charge is 0.493 e. The van der Waals surface area contributed by atoms with E-state index in [1.807, 2.05) is 0 Å². The first-order valence-corrected chi connectivity index (χ1v) is 11.2. The lowest BCUT2D eigenvalue weighted by molar-refractivity contribution is 0.0937. The first-order valence-electron chi connectivity index (χ1n) is 10.8. The molecule has 12 nitrogen and oxygen atoms in total. The number of H-pyrrole nitrogens is 2. The number of benzene rings is 2. The van der Waals surface area contributed by atoms with Gasteiger partial charge in [-0.25, -0.2) is 4.79 Å². The molecule has 5 aromatic rings. The molecule has 0 fully saturated rings. The van der Waals surface area contributed by atoms with Gasteiger partial charge >= 0.3 is 5.69 Å². The van der Waals surface area contributed by atoms with Gasteiger partial charge in [0.25, 0.3) is 11.5 Å². The van der Waals surface area contributed by atoms with E-state index in [-0.39, 0.29) is 41.8 Å². The third kappa shape index (κ3) is 4.34. The van der Waals surface area contributed by atoms with Crippen molar-refractivity contribution in [1.29, 1.82) is 0 Å². The third-order valence-electron chi connectivity index (χ3n) is 5.54. The molecule has 0 saturated heterocycles. The van der Waals surface area contributed by atoms with Crippen LogP contribution in [-0.2, 0) is 13.6 Å². The molecule has 36 heavy (non-hydrogen) atoms. The number of fused-ring (bicyclic) bond motifs is 2. The SMILES string of the molecule is Cn1c(=O)[nH]c(=O)c2c1nc(N=Nc1c(O)[nH]c3ccccc13)n2C[C@@H](O)COc1ccc(Cl)cc1. The maximum atomic E-state index is 12.7. The predicted molar refractivity (Wildman–Crippen MR) is 133 cm³/mol. The van der Waals surface area contributed by atoms with Crippen LogP contribution < -0.4 is 16.0 Å². The molecule has 1 atom stereocenters. The Morgan fingerprint density at radius 1 is 1.11 bits per heavy atom. The molecule has 0 amide bonds. The van der Waals surface area contributed by atoms with Crippen molar-refractivity contribution in [2.24, 2.45) is 17.3 Å². The van der Waals surface area contributed by atoms with E-state index < -0.39 is 17.4 Å². The molecule has 0 aliphatic heterocycles. The second-order valence-corrected chi connectivity index (χ2v) is 8.44. The number of ether oxygens (including phenoxy) is 1. The summed E-state index contributed by atoms with van der Waals surface area (Å²) >= 11 is 5.88. The first kappa shape index (κ1) is 23.3. The number of aliphatic hydroxyl groups excluding tert-OH is 1. The summed E-state index contributed by atoms with van der Waals surface area (Å²) in [7, 11) is 1.45. The summed E-state index contributed by atoms with van der Waals surface area (Å²) in [5.74, 6) is 0.264. The van der Waals surface area contributed by atoms with Crippen molar-refractivity contribution in [3.8, 4) is 11.6 Å². The lowest BCUT2D eigenvalue weighted by atomic mass is 10.2. The second-order valence-electron chi connectivity index (χ2n) is 8.00. The molecule has 5 rings (SSSR count). The number of nitrogens with one attached hydrogen (secondary N) is 2. The van der Waals surface area contributed by atoms with Gasteiger partial charge in [-0.15, -0.1) is 10.2 Å². The summed E-state index contributed by atoms with van der Waals surface area (Å²) in [6, 6.07) is 13.8. The minimum absolute atomic E-state index is 0.0275. The average Bonchev–Trinajstić information content (AvgIpc) is 3.38. The monoisotopic (exact) mass is 509 g/mol. The summed E-state index contributed by atoms with van der Waals surface area (Å²) < 4.78 is 8.11. The minimum atomic E-state index is -1.08. The average molecular weight is 510 g/mol. The number of hydrogen-bond donors (Lipinski definition) is 4. The number of aliphatic hydroxyl groups is 1. The molecule has 0 unspecified atom stereocenters. The summed E-state index contributed by atoms with van der Waals surface area (Å²) in [5, 5.41) is 30.4. The molecule has 3 aromatic heterocycles. The molecule has 0 bridgehead atoms. The van der Waals surface area contributed by atoms with E-state index in [0.717, 1.165) is 4.57 Å². The van der Waals surface area contributed by atoms with Crippen LogP contribution in [0.15, 0.2) is 68.3 Å². The number of aryl methyl sites for hydroxylation is 1. The van der Waals surface area contributed by atoms with Crippen LogP contribution in [0.3, 0.4) is 0 Å². The van der Waals surface area contributed by atoms with Crippen molar-refractivity contribution >= 4 is 45.3 Å². The number of para-hydroxylation sites is 1. The van der Waals surface area contributed by atoms with Crippen LogP contribution in [-0.4, -0.2) is 47.0 Å². The number of aromatic amines is 2. The molecule has 0 radical (unpaired) electrons. The number of rotatable bonds is 7. The van der Waals surface area contributed by atoms with Crippen molar-refractivity contribution in [2.45, 2.75) is 12.6 Å². The maximum absolute atomic E-state index is 12.7. The Morgan fingerprint density at radius 3 is 2.64 bits per heavy atom. The van der Waals surface area contributed by atoms with E-state index in [1.54, 1.807) is 48.5 Å². The van der Waals surface area contributed by atoms with Crippen molar-refractivity contribution in [3.63, 3.8) is 0 Å². The molecular weight excluding hydrogens is 490 g/mol. The van der Waals surface area contributed by atoms with Gasteiger partial charge in [-0.3, -0.25) is 18.9 Å². The molecule has 0 aliphatic rings. The smallest absolute Gasteiger partial charge is 0.329 e.